The van der Waals surface area contributed by atoms with Crippen molar-refractivity contribution in [3.63, 3.8) is 0 Å². The van der Waals surface area contributed by atoms with Crippen LogP contribution >= 0.6 is 0 Å². The molecule has 0 fully saturated rings. The van der Waals surface area contributed by atoms with E-state index in [1.165, 1.54) is 0 Å². The Morgan fingerprint density at radius 1 is 1.32 bits per heavy atom. The van der Waals surface area contributed by atoms with Gasteiger partial charge in [0.05, 0.1) is 19.6 Å². The summed E-state index contributed by atoms with van der Waals surface area (Å²) in [5, 5.41) is 7.18. The molecule has 0 aliphatic carbocycles. The van der Waals surface area contributed by atoms with Gasteiger partial charge in [0.2, 0.25) is 0 Å². The van der Waals surface area contributed by atoms with Crippen LogP contribution in [-0.4, -0.2) is 19.6 Å². The van der Waals surface area contributed by atoms with Crippen molar-refractivity contribution in [3.8, 4) is 11.5 Å². The van der Waals surface area contributed by atoms with Crippen LogP contribution in [0.25, 0.3) is 0 Å². The maximum atomic E-state index is 7.18. The number of amidine groups is 1. The number of nitrogens with two attached hydrogens (primary N) is 1. The van der Waals surface area contributed by atoms with Crippen molar-refractivity contribution in [1.82, 2.24) is 0 Å². The van der Waals surface area contributed by atoms with E-state index in [1.807, 2.05) is 18.2 Å². The molecule has 1 aromatic carbocycles. The van der Waals surface area contributed by atoms with Gasteiger partial charge in [0.25, 0.3) is 0 Å². The number of rotatable bonds is 6. The topological polar surface area (TPSA) is 68.3 Å². The SMILES string of the molecule is COc1ccc(OCCCC(=N)N)c(C(C)(C)C)c1. The minimum absolute atomic E-state index is 0.00948. The molecule has 0 aliphatic rings. The summed E-state index contributed by atoms with van der Waals surface area (Å²) in [6.45, 7) is 6.99. The van der Waals surface area contributed by atoms with Gasteiger partial charge in [0.1, 0.15) is 11.5 Å². The molecule has 106 valence electrons. The van der Waals surface area contributed by atoms with Crippen LogP contribution in [0.4, 0.5) is 0 Å². The Morgan fingerprint density at radius 3 is 2.53 bits per heavy atom. The Kier molecular flexibility index (Phi) is 5.21. The van der Waals surface area contributed by atoms with E-state index < -0.39 is 0 Å². The van der Waals surface area contributed by atoms with Crippen LogP contribution in [0, 0.1) is 5.41 Å². The second kappa shape index (κ2) is 6.45. The summed E-state index contributed by atoms with van der Waals surface area (Å²) in [6.07, 6.45) is 1.33. The molecule has 4 nitrogen and oxygen atoms in total. The molecule has 0 heterocycles. The first-order chi connectivity index (χ1) is 8.84. The van der Waals surface area contributed by atoms with Gasteiger partial charge in [0.15, 0.2) is 0 Å². The van der Waals surface area contributed by atoms with Crippen LogP contribution in [0.15, 0.2) is 18.2 Å². The maximum absolute atomic E-state index is 7.18. The summed E-state index contributed by atoms with van der Waals surface area (Å²) in [5.74, 6) is 1.91. The van der Waals surface area contributed by atoms with E-state index in [9.17, 15) is 0 Å². The molecule has 19 heavy (non-hydrogen) atoms. The van der Waals surface area contributed by atoms with Crippen LogP contribution in [0.3, 0.4) is 0 Å². The highest BCUT2D eigenvalue weighted by molar-refractivity contribution is 5.76. The minimum atomic E-state index is -0.00948. The van der Waals surface area contributed by atoms with Gasteiger partial charge in [0, 0.05) is 12.0 Å². The fourth-order valence-corrected chi connectivity index (χ4v) is 1.79. The zero-order valence-electron chi connectivity index (χ0n) is 12.2. The fraction of sp³-hybridized carbons (Fsp3) is 0.533. The normalized spacial score (nSPS) is 11.2. The van der Waals surface area contributed by atoms with Crippen LogP contribution < -0.4 is 15.2 Å². The van der Waals surface area contributed by atoms with Crippen molar-refractivity contribution < 1.29 is 9.47 Å². The average Bonchev–Trinajstić information content (AvgIpc) is 2.33. The Morgan fingerprint density at radius 2 is 2.00 bits per heavy atom. The molecule has 0 spiro atoms. The van der Waals surface area contributed by atoms with Crippen molar-refractivity contribution in [2.24, 2.45) is 5.73 Å². The molecular weight excluding hydrogens is 240 g/mol. The number of hydrogen-bond acceptors (Lipinski definition) is 3. The molecule has 0 unspecified atom stereocenters. The quantitative estimate of drug-likeness (QED) is 0.471. The molecule has 0 saturated carbocycles. The molecule has 0 aromatic heterocycles. The third-order valence-corrected chi connectivity index (χ3v) is 2.84. The zero-order valence-corrected chi connectivity index (χ0v) is 12.2. The first-order valence-corrected chi connectivity index (χ1v) is 6.49. The van der Waals surface area contributed by atoms with Crippen molar-refractivity contribution in [1.29, 1.82) is 5.41 Å². The van der Waals surface area contributed by atoms with Crippen LogP contribution in [0.5, 0.6) is 11.5 Å². The lowest BCUT2D eigenvalue weighted by Crippen LogP contribution is -2.15. The Balaban J connectivity index is 2.79. The first-order valence-electron chi connectivity index (χ1n) is 6.49. The van der Waals surface area contributed by atoms with E-state index >= 15 is 0 Å². The van der Waals surface area contributed by atoms with E-state index in [1.54, 1.807) is 7.11 Å². The number of nitrogens with one attached hydrogen (secondary N) is 1. The summed E-state index contributed by atoms with van der Waals surface area (Å²) >= 11 is 0. The molecule has 0 bridgehead atoms. The van der Waals surface area contributed by atoms with Gasteiger partial charge in [-0.2, -0.15) is 0 Å². The third kappa shape index (κ3) is 4.81. The van der Waals surface area contributed by atoms with Crippen molar-refractivity contribution in [2.75, 3.05) is 13.7 Å². The second-order valence-corrected chi connectivity index (χ2v) is 5.59. The Hall–Kier alpha value is -1.71. The monoisotopic (exact) mass is 264 g/mol. The van der Waals surface area contributed by atoms with Gasteiger partial charge in [-0.3, -0.25) is 5.41 Å². The molecule has 1 aromatic rings. The smallest absolute Gasteiger partial charge is 0.123 e. The molecular formula is C15H24N2O2. The highest BCUT2D eigenvalue weighted by Crippen LogP contribution is 2.34. The Labute approximate surface area is 115 Å². The second-order valence-electron chi connectivity index (χ2n) is 5.59. The van der Waals surface area contributed by atoms with E-state index in [-0.39, 0.29) is 11.3 Å². The largest absolute Gasteiger partial charge is 0.497 e. The lowest BCUT2D eigenvalue weighted by Gasteiger charge is -2.23. The third-order valence-electron chi connectivity index (χ3n) is 2.84. The van der Waals surface area contributed by atoms with Crippen molar-refractivity contribution in [2.45, 2.75) is 39.0 Å². The van der Waals surface area contributed by atoms with E-state index in [4.69, 9.17) is 20.6 Å². The van der Waals surface area contributed by atoms with Crippen molar-refractivity contribution in [3.05, 3.63) is 23.8 Å². The predicted molar refractivity (Wildman–Crippen MR) is 78.3 cm³/mol. The number of ether oxygens (including phenoxy) is 2. The zero-order chi connectivity index (χ0) is 14.5. The number of benzene rings is 1. The van der Waals surface area contributed by atoms with Gasteiger partial charge < -0.3 is 15.2 Å². The first kappa shape index (κ1) is 15.3. The lowest BCUT2D eigenvalue weighted by atomic mass is 9.86. The lowest BCUT2D eigenvalue weighted by molar-refractivity contribution is 0.303. The molecule has 0 saturated heterocycles. The molecule has 0 aliphatic heterocycles. The molecule has 3 N–H and O–H groups in total. The minimum Gasteiger partial charge on any atom is -0.497 e. The summed E-state index contributed by atoms with van der Waals surface area (Å²) < 4.78 is 11.1. The van der Waals surface area contributed by atoms with Gasteiger partial charge >= 0.3 is 0 Å². The van der Waals surface area contributed by atoms with Gasteiger partial charge in [-0.25, -0.2) is 0 Å². The van der Waals surface area contributed by atoms with E-state index in [0.717, 1.165) is 23.5 Å². The predicted octanol–water partition coefficient (Wildman–Crippen LogP) is 3.09. The molecule has 0 amide bonds. The molecule has 1 rings (SSSR count). The fourth-order valence-electron chi connectivity index (χ4n) is 1.79. The summed E-state index contributed by atoms with van der Waals surface area (Å²) in [7, 11) is 1.66. The molecule has 0 atom stereocenters. The number of methoxy groups -OCH3 is 1. The van der Waals surface area contributed by atoms with Crippen LogP contribution in [0.2, 0.25) is 0 Å². The van der Waals surface area contributed by atoms with Crippen LogP contribution in [0.1, 0.15) is 39.2 Å². The summed E-state index contributed by atoms with van der Waals surface area (Å²) in [4.78, 5) is 0. The van der Waals surface area contributed by atoms with Crippen molar-refractivity contribution >= 4 is 5.84 Å². The average molecular weight is 264 g/mol. The summed E-state index contributed by atoms with van der Waals surface area (Å²) in [6, 6.07) is 5.85. The highest BCUT2D eigenvalue weighted by atomic mass is 16.5. The molecule has 0 radical (unpaired) electrons. The highest BCUT2D eigenvalue weighted by Gasteiger charge is 2.19. The number of hydrogen-bond donors (Lipinski definition) is 2. The van der Waals surface area contributed by atoms with Gasteiger partial charge in [-0.15, -0.1) is 0 Å². The van der Waals surface area contributed by atoms with Gasteiger partial charge in [-0.1, -0.05) is 20.8 Å². The van der Waals surface area contributed by atoms with E-state index in [2.05, 4.69) is 20.8 Å². The maximum Gasteiger partial charge on any atom is 0.123 e. The van der Waals surface area contributed by atoms with Gasteiger partial charge in [-0.05, 0) is 30.0 Å². The Bertz CT molecular complexity index is 436. The van der Waals surface area contributed by atoms with Crippen LogP contribution in [-0.2, 0) is 5.41 Å². The molecule has 4 heteroatoms. The summed E-state index contributed by atoms with van der Waals surface area (Å²) in [5.41, 5.74) is 6.43. The standard InChI is InChI=1S/C15H24N2O2/c1-15(2,3)12-10-11(18-4)7-8-13(12)19-9-5-6-14(16)17/h7-8,10H,5-6,9H2,1-4H3,(H3,16,17). The van der Waals surface area contributed by atoms with E-state index in [0.29, 0.717) is 13.0 Å².